The van der Waals surface area contributed by atoms with Crippen molar-refractivity contribution in [2.24, 2.45) is 11.8 Å². The van der Waals surface area contributed by atoms with Crippen LogP contribution < -0.4 is 5.32 Å². The molecule has 0 aromatic heterocycles. The first-order valence-corrected chi connectivity index (χ1v) is 7.51. The second-order valence-corrected chi connectivity index (χ2v) is 6.34. The average Bonchev–Trinajstić information content (AvgIpc) is 3.16. The summed E-state index contributed by atoms with van der Waals surface area (Å²) in [5, 5.41) is 13.1. The van der Waals surface area contributed by atoms with Crippen molar-refractivity contribution in [2.45, 2.75) is 58.0 Å². The van der Waals surface area contributed by atoms with Gasteiger partial charge in [-0.1, -0.05) is 13.8 Å². The van der Waals surface area contributed by atoms with Crippen LogP contribution in [0.3, 0.4) is 0 Å². The second-order valence-electron chi connectivity index (χ2n) is 6.34. The Labute approximate surface area is 112 Å². The van der Waals surface area contributed by atoms with Crippen molar-refractivity contribution in [3.05, 3.63) is 0 Å². The Bertz CT molecular complexity index is 318. The predicted molar refractivity (Wildman–Crippen MR) is 74.2 cm³/mol. The third-order valence-electron chi connectivity index (χ3n) is 4.69. The van der Waals surface area contributed by atoms with Gasteiger partial charge in [-0.2, -0.15) is 5.26 Å². The highest BCUT2D eigenvalue weighted by Crippen LogP contribution is 2.40. The number of rotatable bonds is 5. The summed E-state index contributed by atoms with van der Waals surface area (Å²) in [6.07, 6.45) is 5.00. The number of likely N-dealkylation sites (tertiary alicyclic amines) is 1. The van der Waals surface area contributed by atoms with Crippen molar-refractivity contribution in [2.75, 3.05) is 19.6 Å². The molecule has 2 rings (SSSR count). The Morgan fingerprint density at radius 3 is 2.56 bits per heavy atom. The molecule has 1 saturated carbocycles. The molecule has 0 aromatic carbocycles. The number of nitrogens with one attached hydrogen (secondary N) is 1. The second kappa shape index (κ2) is 5.59. The summed E-state index contributed by atoms with van der Waals surface area (Å²) in [7, 11) is 0. The van der Waals surface area contributed by atoms with Gasteiger partial charge in [0, 0.05) is 12.6 Å². The number of piperidine rings is 1. The van der Waals surface area contributed by atoms with Crippen molar-refractivity contribution >= 4 is 0 Å². The van der Waals surface area contributed by atoms with Gasteiger partial charge in [-0.3, -0.25) is 10.2 Å². The molecule has 0 amide bonds. The van der Waals surface area contributed by atoms with Crippen LogP contribution in [-0.4, -0.2) is 36.1 Å². The fraction of sp³-hybridized carbons (Fsp3) is 0.933. The number of hydrogen-bond donors (Lipinski definition) is 1. The summed E-state index contributed by atoms with van der Waals surface area (Å²) < 4.78 is 0. The van der Waals surface area contributed by atoms with Gasteiger partial charge in [0.15, 0.2) is 0 Å². The van der Waals surface area contributed by atoms with Crippen LogP contribution >= 0.6 is 0 Å². The Kier molecular flexibility index (Phi) is 4.29. The van der Waals surface area contributed by atoms with Crippen LogP contribution in [0, 0.1) is 23.2 Å². The molecule has 1 saturated heterocycles. The molecule has 1 aliphatic carbocycles. The van der Waals surface area contributed by atoms with E-state index in [-0.39, 0.29) is 5.54 Å². The van der Waals surface area contributed by atoms with Gasteiger partial charge >= 0.3 is 0 Å². The normalized spacial score (nSPS) is 32.8. The zero-order valence-corrected chi connectivity index (χ0v) is 12.1. The molecule has 0 aromatic rings. The fourth-order valence-electron chi connectivity index (χ4n) is 3.40. The maximum Gasteiger partial charge on any atom is 0.122 e. The molecular weight excluding hydrogens is 222 g/mol. The SMILES string of the molecule is CCNC(C#N)(CN1CCC(C)CC1C)C1CC1. The van der Waals surface area contributed by atoms with E-state index in [2.05, 4.69) is 37.1 Å². The Morgan fingerprint density at radius 2 is 2.06 bits per heavy atom. The van der Waals surface area contributed by atoms with E-state index in [0.29, 0.717) is 12.0 Å². The van der Waals surface area contributed by atoms with E-state index in [4.69, 9.17) is 0 Å². The number of hydrogen-bond acceptors (Lipinski definition) is 3. The molecule has 3 unspecified atom stereocenters. The molecule has 18 heavy (non-hydrogen) atoms. The molecule has 3 heteroatoms. The molecule has 2 aliphatic rings. The molecule has 3 nitrogen and oxygen atoms in total. The van der Waals surface area contributed by atoms with Gasteiger partial charge in [-0.15, -0.1) is 0 Å². The molecule has 0 bridgehead atoms. The van der Waals surface area contributed by atoms with Crippen molar-refractivity contribution in [1.82, 2.24) is 10.2 Å². The zero-order chi connectivity index (χ0) is 13.2. The molecular formula is C15H27N3. The predicted octanol–water partition coefficient (Wildman–Crippen LogP) is 2.39. The van der Waals surface area contributed by atoms with Crippen molar-refractivity contribution in [3.63, 3.8) is 0 Å². The average molecular weight is 249 g/mol. The van der Waals surface area contributed by atoms with Gasteiger partial charge in [-0.05, 0) is 57.5 Å². The lowest BCUT2D eigenvalue weighted by Crippen LogP contribution is -2.57. The highest BCUT2D eigenvalue weighted by atomic mass is 15.2. The van der Waals surface area contributed by atoms with Gasteiger partial charge in [0.25, 0.3) is 0 Å². The van der Waals surface area contributed by atoms with E-state index in [0.717, 1.165) is 25.6 Å². The highest BCUT2D eigenvalue weighted by Gasteiger charge is 2.47. The third-order valence-corrected chi connectivity index (χ3v) is 4.69. The van der Waals surface area contributed by atoms with E-state index < -0.39 is 0 Å². The summed E-state index contributed by atoms with van der Waals surface area (Å²) in [5.74, 6) is 1.42. The minimum absolute atomic E-state index is 0.288. The van der Waals surface area contributed by atoms with Crippen LogP contribution in [0.1, 0.15) is 46.5 Å². The van der Waals surface area contributed by atoms with Crippen molar-refractivity contribution < 1.29 is 0 Å². The largest absolute Gasteiger partial charge is 0.298 e. The topological polar surface area (TPSA) is 39.1 Å². The summed E-state index contributed by atoms with van der Waals surface area (Å²) in [6, 6.07) is 3.23. The van der Waals surface area contributed by atoms with Gasteiger partial charge in [0.1, 0.15) is 5.54 Å². The fourth-order valence-corrected chi connectivity index (χ4v) is 3.40. The van der Waals surface area contributed by atoms with E-state index >= 15 is 0 Å². The maximum atomic E-state index is 9.65. The number of nitriles is 1. The summed E-state index contributed by atoms with van der Waals surface area (Å²) >= 11 is 0. The minimum atomic E-state index is -0.288. The van der Waals surface area contributed by atoms with Crippen LogP contribution in [-0.2, 0) is 0 Å². The van der Waals surface area contributed by atoms with Gasteiger partial charge in [0.2, 0.25) is 0 Å². The Balaban J connectivity index is 2.02. The van der Waals surface area contributed by atoms with Gasteiger partial charge < -0.3 is 0 Å². The third kappa shape index (κ3) is 2.87. The van der Waals surface area contributed by atoms with E-state index in [1.807, 2.05) is 0 Å². The van der Waals surface area contributed by atoms with Gasteiger partial charge in [0.05, 0.1) is 6.07 Å². The van der Waals surface area contributed by atoms with Crippen LogP contribution in [0.15, 0.2) is 0 Å². The number of likely N-dealkylation sites (N-methyl/N-ethyl adjacent to an activating group) is 1. The molecule has 3 atom stereocenters. The Hall–Kier alpha value is -0.590. The number of nitrogens with zero attached hydrogens (tertiary/aromatic N) is 2. The molecule has 1 aliphatic heterocycles. The Morgan fingerprint density at radius 1 is 1.33 bits per heavy atom. The summed E-state index contributed by atoms with van der Waals surface area (Å²) in [6.45, 7) is 9.73. The van der Waals surface area contributed by atoms with E-state index in [1.165, 1.54) is 25.7 Å². The van der Waals surface area contributed by atoms with E-state index in [1.54, 1.807) is 0 Å². The monoisotopic (exact) mass is 249 g/mol. The lowest BCUT2D eigenvalue weighted by molar-refractivity contribution is 0.0973. The van der Waals surface area contributed by atoms with E-state index in [9.17, 15) is 5.26 Å². The highest BCUT2D eigenvalue weighted by molar-refractivity contribution is 5.17. The quantitative estimate of drug-likeness (QED) is 0.813. The van der Waals surface area contributed by atoms with Crippen LogP contribution in [0.25, 0.3) is 0 Å². The minimum Gasteiger partial charge on any atom is -0.298 e. The maximum absolute atomic E-state index is 9.65. The van der Waals surface area contributed by atoms with Gasteiger partial charge in [-0.25, -0.2) is 0 Å². The lowest BCUT2D eigenvalue weighted by Gasteiger charge is -2.41. The van der Waals surface area contributed by atoms with Crippen molar-refractivity contribution in [3.8, 4) is 6.07 Å². The van der Waals surface area contributed by atoms with Crippen molar-refractivity contribution in [1.29, 1.82) is 5.26 Å². The zero-order valence-electron chi connectivity index (χ0n) is 12.1. The molecule has 0 spiro atoms. The first-order chi connectivity index (χ1) is 8.61. The molecule has 102 valence electrons. The summed E-state index contributed by atoms with van der Waals surface area (Å²) in [4.78, 5) is 2.53. The summed E-state index contributed by atoms with van der Waals surface area (Å²) in [5.41, 5.74) is -0.288. The standard InChI is InChI=1S/C15H27N3/c1-4-17-15(10-16,14-5-6-14)11-18-8-7-12(2)9-13(18)3/h12-14,17H,4-9,11H2,1-3H3. The first-order valence-electron chi connectivity index (χ1n) is 7.51. The lowest BCUT2D eigenvalue weighted by atomic mass is 9.89. The molecule has 1 N–H and O–H groups in total. The molecule has 1 heterocycles. The first kappa shape index (κ1) is 13.8. The van der Waals surface area contributed by atoms with Crippen LogP contribution in [0.5, 0.6) is 0 Å². The van der Waals surface area contributed by atoms with Crippen LogP contribution in [0.4, 0.5) is 0 Å². The molecule has 2 fully saturated rings. The van der Waals surface area contributed by atoms with Crippen LogP contribution in [0.2, 0.25) is 0 Å². The smallest absolute Gasteiger partial charge is 0.122 e. The molecule has 0 radical (unpaired) electrons.